The Balaban J connectivity index is 1.94. The second kappa shape index (κ2) is 9.53. The quantitative estimate of drug-likeness (QED) is 0.464. The molecule has 2 aromatic rings. The van der Waals surface area contributed by atoms with Crippen LogP contribution in [0, 0.1) is 0 Å². The van der Waals surface area contributed by atoms with Gasteiger partial charge in [-0.1, -0.05) is 74.0 Å². The molecule has 0 heterocycles. The van der Waals surface area contributed by atoms with E-state index in [0.717, 1.165) is 19.1 Å². The van der Waals surface area contributed by atoms with Crippen molar-refractivity contribution in [1.29, 1.82) is 0 Å². The van der Waals surface area contributed by atoms with Crippen molar-refractivity contribution >= 4 is 9.76 Å². The summed E-state index contributed by atoms with van der Waals surface area (Å²) in [5, 5.41) is 0. The van der Waals surface area contributed by atoms with Crippen LogP contribution in [-0.2, 0) is 4.43 Å². The van der Waals surface area contributed by atoms with Crippen molar-refractivity contribution in [2.24, 2.45) is 0 Å². The molecule has 1 nitrogen and oxygen atoms in total. The molecule has 0 aromatic heterocycles. The van der Waals surface area contributed by atoms with Crippen molar-refractivity contribution in [3.63, 3.8) is 0 Å². The first-order valence-corrected chi connectivity index (χ1v) is 8.98. The van der Waals surface area contributed by atoms with Crippen LogP contribution in [0.15, 0.2) is 60.7 Å². The van der Waals surface area contributed by atoms with Gasteiger partial charge in [0, 0.05) is 12.5 Å². The number of unbranched alkanes of at least 4 members (excludes halogenated alkanes) is 1. The van der Waals surface area contributed by atoms with Gasteiger partial charge in [0.05, 0.1) is 0 Å². The average molecular weight is 296 g/mol. The molecular formula is C19H24OSi. The topological polar surface area (TPSA) is 9.23 Å². The van der Waals surface area contributed by atoms with Crippen LogP contribution in [0.1, 0.15) is 43.2 Å². The summed E-state index contributed by atoms with van der Waals surface area (Å²) in [4.78, 5) is 0. The molecule has 2 heteroatoms. The van der Waals surface area contributed by atoms with Crippen molar-refractivity contribution in [2.75, 3.05) is 6.61 Å². The predicted molar refractivity (Wildman–Crippen MR) is 90.8 cm³/mol. The highest BCUT2D eigenvalue weighted by Gasteiger charge is 2.13. The van der Waals surface area contributed by atoms with E-state index in [1.165, 1.54) is 24.0 Å². The fourth-order valence-corrected chi connectivity index (χ4v) is 3.30. The Morgan fingerprint density at radius 3 is 2.00 bits per heavy atom. The number of hydrogen-bond donors (Lipinski definition) is 0. The van der Waals surface area contributed by atoms with Gasteiger partial charge in [-0.3, -0.25) is 0 Å². The number of rotatable bonds is 9. The van der Waals surface area contributed by atoms with Crippen molar-refractivity contribution in [2.45, 2.75) is 38.1 Å². The molecule has 0 unspecified atom stereocenters. The Bertz CT molecular complexity index is 444. The van der Waals surface area contributed by atoms with Gasteiger partial charge in [0.1, 0.15) is 0 Å². The molecule has 0 N–H and O–H groups in total. The zero-order valence-electron chi connectivity index (χ0n) is 12.8. The molecule has 0 fully saturated rings. The zero-order valence-corrected chi connectivity index (χ0v) is 13.8. The maximum atomic E-state index is 5.72. The lowest BCUT2D eigenvalue weighted by Gasteiger charge is -2.17. The van der Waals surface area contributed by atoms with Gasteiger partial charge in [0.2, 0.25) is 9.76 Å². The number of benzene rings is 2. The van der Waals surface area contributed by atoms with Crippen molar-refractivity contribution in [1.82, 2.24) is 0 Å². The van der Waals surface area contributed by atoms with Gasteiger partial charge in [-0.2, -0.15) is 0 Å². The fraction of sp³-hybridized carbons (Fsp3) is 0.368. The SMILES string of the molecule is CCCCO[Si]CCC(c1ccccc1)c1ccccc1. The third-order valence-electron chi connectivity index (χ3n) is 3.64. The smallest absolute Gasteiger partial charge is 0.229 e. The minimum Gasteiger partial charge on any atom is -0.417 e. The fourth-order valence-electron chi connectivity index (χ4n) is 2.46. The molecule has 2 rings (SSSR count). The van der Waals surface area contributed by atoms with Gasteiger partial charge < -0.3 is 4.43 Å². The van der Waals surface area contributed by atoms with Crippen molar-refractivity contribution < 1.29 is 4.43 Å². The molecule has 0 aliphatic rings. The van der Waals surface area contributed by atoms with Crippen LogP contribution in [0.25, 0.3) is 0 Å². The summed E-state index contributed by atoms with van der Waals surface area (Å²) in [6.07, 6.45) is 3.54. The lowest BCUT2D eigenvalue weighted by molar-refractivity contribution is 0.325. The van der Waals surface area contributed by atoms with E-state index in [0.29, 0.717) is 15.7 Å². The lowest BCUT2D eigenvalue weighted by atomic mass is 9.89. The highest BCUT2D eigenvalue weighted by atomic mass is 28.2. The van der Waals surface area contributed by atoms with E-state index in [4.69, 9.17) is 4.43 Å². The van der Waals surface area contributed by atoms with Gasteiger partial charge in [-0.25, -0.2) is 0 Å². The normalized spacial score (nSPS) is 11.0. The summed E-state index contributed by atoms with van der Waals surface area (Å²) < 4.78 is 5.72. The molecule has 0 amide bonds. The summed E-state index contributed by atoms with van der Waals surface area (Å²) in [5.74, 6) is 0.481. The van der Waals surface area contributed by atoms with Crippen LogP contribution in [0.4, 0.5) is 0 Å². The number of hydrogen-bond acceptors (Lipinski definition) is 1. The monoisotopic (exact) mass is 296 g/mol. The first-order chi connectivity index (χ1) is 10.4. The molecule has 0 aliphatic carbocycles. The third-order valence-corrected chi connectivity index (χ3v) is 4.54. The van der Waals surface area contributed by atoms with E-state index in [2.05, 4.69) is 67.6 Å². The second-order valence-electron chi connectivity index (χ2n) is 5.26. The van der Waals surface area contributed by atoms with Crippen LogP contribution in [0.2, 0.25) is 6.04 Å². The standard InChI is InChI=1S/C19H24OSi/c1-2-3-15-20-21-16-14-19(17-10-6-4-7-11-17)18-12-8-5-9-13-18/h4-13,19H,2-3,14-16H2,1H3. The summed E-state index contributed by atoms with van der Waals surface area (Å²) in [6, 6.07) is 22.8. The molecular weight excluding hydrogens is 272 g/mol. The largest absolute Gasteiger partial charge is 0.417 e. The molecule has 0 atom stereocenters. The van der Waals surface area contributed by atoms with Gasteiger partial charge in [0.25, 0.3) is 0 Å². The first kappa shape index (κ1) is 16.0. The minimum absolute atomic E-state index is 0.481. The van der Waals surface area contributed by atoms with E-state index < -0.39 is 0 Å². The Kier molecular flexibility index (Phi) is 7.26. The Morgan fingerprint density at radius 2 is 1.48 bits per heavy atom. The van der Waals surface area contributed by atoms with E-state index >= 15 is 0 Å². The van der Waals surface area contributed by atoms with E-state index in [9.17, 15) is 0 Å². The first-order valence-electron chi connectivity index (χ1n) is 7.86. The van der Waals surface area contributed by atoms with Crippen LogP contribution < -0.4 is 0 Å². The van der Waals surface area contributed by atoms with Crippen molar-refractivity contribution in [3.05, 3.63) is 71.8 Å². The van der Waals surface area contributed by atoms with Crippen LogP contribution in [0.3, 0.4) is 0 Å². The Hall–Kier alpha value is -1.38. The van der Waals surface area contributed by atoms with Gasteiger partial charge in [-0.15, -0.1) is 0 Å². The van der Waals surface area contributed by atoms with Gasteiger partial charge >= 0.3 is 0 Å². The average Bonchev–Trinajstić information content (AvgIpc) is 2.56. The highest BCUT2D eigenvalue weighted by Crippen LogP contribution is 2.29. The van der Waals surface area contributed by atoms with Crippen LogP contribution in [-0.4, -0.2) is 16.4 Å². The molecule has 0 bridgehead atoms. The van der Waals surface area contributed by atoms with Crippen LogP contribution in [0.5, 0.6) is 0 Å². The Morgan fingerprint density at radius 1 is 0.905 bits per heavy atom. The highest BCUT2D eigenvalue weighted by molar-refractivity contribution is 6.27. The minimum atomic E-state index is 0.481. The molecule has 2 radical (unpaired) electrons. The van der Waals surface area contributed by atoms with E-state index in [1.54, 1.807) is 0 Å². The second-order valence-corrected chi connectivity index (χ2v) is 6.34. The summed E-state index contributed by atoms with van der Waals surface area (Å²) >= 11 is 0. The van der Waals surface area contributed by atoms with E-state index in [1.807, 2.05) is 0 Å². The molecule has 21 heavy (non-hydrogen) atoms. The molecule has 0 spiro atoms. The molecule has 0 aliphatic heterocycles. The van der Waals surface area contributed by atoms with Gasteiger partial charge in [-0.05, 0) is 30.0 Å². The summed E-state index contributed by atoms with van der Waals surface area (Å²) in [5.41, 5.74) is 2.81. The molecule has 0 saturated heterocycles. The van der Waals surface area contributed by atoms with Gasteiger partial charge in [0.15, 0.2) is 0 Å². The molecule has 110 valence electrons. The zero-order chi connectivity index (χ0) is 14.8. The van der Waals surface area contributed by atoms with Crippen LogP contribution >= 0.6 is 0 Å². The Labute approximate surface area is 131 Å². The molecule has 2 aromatic carbocycles. The maximum Gasteiger partial charge on any atom is 0.229 e. The summed E-state index contributed by atoms with van der Waals surface area (Å²) in [7, 11) is 0.625. The summed E-state index contributed by atoms with van der Waals surface area (Å²) in [6.45, 7) is 3.11. The predicted octanol–water partition coefficient (Wildman–Crippen LogP) is 5.06. The third kappa shape index (κ3) is 5.48. The maximum absolute atomic E-state index is 5.72. The van der Waals surface area contributed by atoms with E-state index in [-0.39, 0.29) is 0 Å². The molecule has 0 saturated carbocycles. The van der Waals surface area contributed by atoms with Crippen molar-refractivity contribution in [3.8, 4) is 0 Å². The lowest BCUT2D eigenvalue weighted by Crippen LogP contribution is -2.05.